The van der Waals surface area contributed by atoms with E-state index in [9.17, 15) is 10.1 Å². The largest absolute Gasteiger partial charge is 0.372 e. The van der Waals surface area contributed by atoms with Gasteiger partial charge in [0.2, 0.25) is 0 Å². The number of hydrogen-bond acceptors (Lipinski definition) is 3. The number of benzene rings is 2. The number of anilines is 2. The summed E-state index contributed by atoms with van der Waals surface area (Å²) in [5, 5.41) is 12.1. The van der Waals surface area contributed by atoms with Crippen molar-refractivity contribution in [3.05, 3.63) is 64.1 Å². The Morgan fingerprint density at radius 3 is 2.52 bits per heavy atom. The van der Waals surface area contributed by atoms with E-state index in [1.165, 1.54) is 18.5 Å². The maximum atomic E-state index is 12.3. The average Bonchev–Trinajstić information content (AvgIpc) is 3.14. The van der Waals surface area contributed by atoms with Crippen molar-refractivity contribution >= 4 is 39.3 Å². The van der Waals surface area contributed by atoms with Crippen molar-refractivity contribution in [3.8, 4) is 6.07 Å². The number of nitrogens with one attached hydrogen (secondary N) is 1. The smallest absolute Gasteiger partial charge is 0.266 e. The van der Waals surface area contributed by atoms with Gasteiger partial charge in [-0.2, -0.15) is 5.26 Å². The van der Waals surface area contributed by atoms with E-state index in [2.05, 4.69) is 26.1 Å². The quantitative estimate of drug-likeness (QED) is 0.607. The minimum absolute atomic E-state index is 0.0777. The minimum atomic E-state index is -0.413. The summed E-state index contributed by atoms with van der Waals surface area (Å²) in [6, 6.07) is 17.2. The van der Waals surface area contributed by atoms with Crippen molar-refractivity contribution in [3.63, 3.8) is 0 Å². The van der Waals surface area contributed by atoms with Crippen LogP contribution >= 0.6 is 15.9 Å². The Hall–Kier alpha value is -2.58. The first-order valence-electron chi connectivity index (χ1n) is 8.19. The molecule has 0 aliphatic carbocycles. The SMILES string of the molecule is N#C/C(=C/c1ccc(N2CCCC2)cc1)C(=O)Nc1cccc(Br)c1. The number of nitriles is 1. The molecule has 126 valence electrons. The lowest BCUT2D eigenvalue weighted by Gasteiger charge is -2.17. The van der Waals surface area contributed by atoms with Crippen molar-refractivity contribution < 1.29 is 4.79 Å². The van der Waals surface area contributed by atoms with Gasteiger partial charge >= 0.3 is 0 Å². The van der Waals surface area contributed by atoms with Crippen LogP contribution in [0.3, 0.4) is 0 Å². The zero-order valence-electron chi connectivity index (χ0n) is 13.7. The predicted octanol–water partition coefficient (Wildman–Crippen LogP) is 4.59. The Bertz CT molecular complexity index is 831. The van der Waals surface area contributed by atoms with E-state index in [1.807, 2.05) is 42.5 Å². The third-order valence-corrected chi connectivity index (χ3v) is 4.62. The average molecular weight is 396 g/mol. The zero-order chi connectivity index (χ0) is 17.6. The van der Waals surface area contributed by atoms with Crippen molar-refractivity contribution in [1.82, 2.24) is 0 Å². The second kappa shape index (κ2) is 8.00. The molecule has 1 aliphatic rings. The monoisotopic (exact) mass is 395 g/mol. The van der Waals surface area contributed by atoms with Gasteiger partial charge < -0.3 is 10.2 Å². The Labute approximate surface area is 155 Å². The van der Waals surface area contributed by atoms with E-state index in [4.69, 9.17) is 0 Å². The molecule has 1 amide bonds. The lowest BCUT2D eigenvalue weighted by atomic mass is 10.1. The van der Waals surface area contributed by atoms with Crippen LogP contribution in [0.5, 0.6) is 0 Å². The highest BCUT2D eigenvalue weighted by Crippen LogP contribution is 2.21. The van der Waals surface area contributed by atoms with E-state index in [1.54, 1.807) is 18.2 Å². The zero-order valence-corrected chi connectivity index (χ0v) is 15.3. The minimum Gasteiger partial charge on any atom is -0.372 e. The Kier molecular flexibility index (Phi) is 5.52. The van der Waals surface area contributed by atoms with Gasteiger partial charge in [-0.05, 0) is 54.8 Å². The molecule has 3 rings (SSSR count). The molecule has 0 atom stereocenters. The number of carbonyl (C=O) groups is 1. The van der Waals surface area contributed by atoms with Gasteiger partial charge in [0.25, 0.3) is 5.91 Å². The van der Waals surface area contributed by atoms with Gasteiger partial charge in [0.05, 0.1) is 0 Å². The molecule has 0 saturated carbocycles. The molecule has 1 heterocycles. The van der Waals surface area contributed by atoms with Crippen molar-refractivity contribution in [2.75, 3.05) is 23.3 Å². The van der Waals surface area contributed by atoms with Crippen LogP contribution in [-0.4, -0.2) is 19.0 Å². The fourth-order valence-corrected chi connectivity index (χ4v) is 3.24. The van der Waals surface area contributed by atoms with Gasteiger partial charge in [0.15, 0.2) is 0 Å². The van der Waals surface area contributed by atoms with Gasteiger partial charge in [0, 0.05) is 28.9 Å². The molecule has 1 aliphatic heterocycles. The molecule has 4 nitrogen and oxygen atoms in total. The summed E-state index contributed by atoms with van der Waals surface area (Å²) in [4.78, 5) is 14.7. The maximum absolute atomic E-state index is 12.3. The van der Waals surface area contributed by atoms with Crippen LogP contribution in [-0.2, 0) is 4.79 Å². The molecule has 0 unspecified atom stereocenters. The highest BCUT2D eigenvalue weighted by molar-refractivity contribution is 9.10. The Balaban J connectivity index is 1.73. The van der Waals surface area contributed by atoms with Crippen molar-refractivity contribution in [1.29, 1.82) is 5.26 Å². The molecule has 0 aromatic heterocycles. The van der Waals surface area contributed by atoms with Crippen LogP contribution in [0.2, 0.25) is 0 Å². The molecule has 0 spiro atoms. The highest BCUT2D eigenvalue weighted by atomic mass is 79.9. The summed E-state index contributed by atoms with van der Waals surface area (Å²) in [6.45, 7) is 2.18. The van der Waals surface area contributed by atoms with Gasteiger partial charge in [-0.1, -0.05) is 34.1 Å². The molecule has 1 saturated heterocycles. The van der Waals surface area contributed by atoms with E-state index in [-0.39, 0.29) is 5.57 Å². The second-order valence-corrected chi connectivity index (χ2v) is 6.84. The van der Waals surface area contributed by atoms with Gasteiger partial charge in [0.1, 0.15) is 11.6 Å². The highest BCUT2D eigenvalue weighted by Gasteiger charge is 2.12. The molecular formula is C20H18BrN3O. The fraction of sp³-hybridized carbons (Fsp3) is 0.200. The number of hydrogen-bond donors (Lipinski definition) is 1. The molecule has 25 heavy (non-hydrogen) atoms. The van der Waals surface area contributed by atoms with Crippen LogP contribution in [0, 0.1) is 11.3 Å². The summed E-state index contributed by atoms with van der Waals surface area (Å²) in [6.07, 6.45) is 4.08. The summed E-state index contributed by atoms with van der Waals surface area (Å²) in [5.41, 5.74) is 2.74. The molecule has 1 fully saturated rings. The number of carbonyl (C=O) groups excluding carboxylic acids is 1. The summed E-state index contributed by atoms with van der Waals surface area (Å²) in [7, 11) is 0. The van der Waals surface area contributed by atoms with Crippen molar-refractivity contribution in [2.45, 2.75) is 12.8 Å². The number of rotatable bonds is 4. The summed E-state index contributed by atoms with van der Waals surface area (Å²) < 4.78 is 0.866. The van der Waals surface area contributed by atoms with E-state index in [0.717, 1.165) is 23.1 Å². The Morgan fingerprint density at radius 2 is 1.88 bits per heavy atom. The van der Waals surface area contributed by atoms with Crippen LogP contribution in [0.15, 0.2) is 58.6 Å². The molecule has 0 bridgehead atoms. The standard InChI is InChI=1S/C20H18BrN3O/c21-17-4-3-5-18(13-17)23-20(25)16(14-22)12-15-6-8-19(9-7-15)24-10-1-2-11-24/h3-9,12-13H,1-2,10-11H2,(H,23,25)/b16-12-. The van der Waals surface area contributed by atoms with Crippen LogP contribution < -0.4 is 10.2 Å². The first-order chi connectivity index (χ1) is 12.2. The Morgan fingerprint density at radius 1 is 1.16 bits per heavy atom. The summed E-state index contributed by atoms with van der Waals surface area (Å²) >= 11 is 3.36. The van der Waals surface area contributed by atoms with Crippen molar-refractivity contribution in [2.24, 2.45) is 0 Å². The third kappa shape index (κ3) is 4.49. The molecule has 2 aromatic rings. The maximum Gasteiger partial charge on any atom is 0.266 e. The molecule has 0 radical (unpaired) electrons. The number of nitrogens with zero attached hydrogens (tertiary/aromatic N) is 2. The third-order valence-electron chi connectivity index (χ3n) is 4.12. The summed E-state index contributed by atoms with van der Waals surface area (Å²) in [5.74, 6) is -0.413. The first kappa shape index (κ1) is 17.2. The lowest BCUT2D eigenvalue weighted by Crippen LogP contribution is -2.17. The molecule has 5 heteroatoms. The van der Waals surface area contributed by atoms with Crippen LogP contribution in [0.25, 0.3) is 6.08 Å². The fourth-order valence-electron chi connectivity index (χ4n) is 2.84. The molecule has 1 N–H and O–H groups in total. The number of halogens is 1. The van der Waals surface area contributed by atoms with Crippen LogP contribution in [0.1, 0.15) is 18.4 Å². The lowest BCUT2D eigenvalue weighted by molar-refractivity contribution is -0.112. The second-order valence-electron chi connectivity index (χ2n) is 5.92. The van der Waals surface area contributed by atoms with Crippen LogP contribution in [0.4, 0.5) is 11.4 Å². The van der Waals surface area contributed by atoms with E-state index < -0.39 is 5.91 Å². The predicted molar refractivity (Wildman–Crippen MR) is 104 cm³/mol. The van der Waals surface area contributed by atoms with Gasteiger partial charge in [-0.15, -0.1) is 0 Å². The van der Waals surface area contributed by atoms with E-state index in [0.29, 0.717) is 5.69 Å². The molecule has 2 aromatic carbocycles. The first-order valence-corrected chi connectivity index (χ1v) is 8.99. The topological polar surface area (TPSA) is 56.1 Å². The molecular weight excluding hydrogens is 378 g/mol. The normalized spacial score (nSPS) is 14.2. The number of amides is 1. The van der Waals surface area contributed by atoms with E-state index >= 15 is 0 Å². The van der Waals surface area contributed by atoms with Gasteiger partial charge in [-0.3, -0.25) is 4.79 Å². The van der Waals surface area contributed by atoms with Gasteiger partial charge in [-0.25, -0.2) is 0 Å².